The molecule has 2 heterocycles. The van der Waals surface area contributed by atoms with E-state index in [-0.39, 0.29) is 24.9 Å². The molecule has 2 rings (SSSR count). The number of likely N-dealkylation sites (tertiary alicyclic amines) is 1. The van der Waals surface area contributed by atoms with Gasteiger partial charge in [0.15, 0.2) is 0 Å². The van der Waals surface area contributed by atoms with E-state index in [1.807, 2.05) is 0 Å². The molecule has 1 N–H and O–H groups in total. The molecule has 0 unspecified atom stereocenters. The third kappa shape index (κ3) is 3.83. The van der Waals surface area contributed by atoms with Crippen LogP contribution in [-0.2, 0) is 4.74 Å². The van der Waals surface area contributed by atoms with Crippen LogP contribution in [0.15, 0.2) is 0 Å². The first kappa shape index (κ1) is 15.1. The number of hydrogen-bond donors (Lipinski definition) is 1. The number of ether oxygens (including phenoxy) is 1. The normalized spacial score (nSPS) is 26.5. The summed E-state index contributed by atoms with van der Waals surface area (Å²) in [4.78, 5) is 2.07. The summed E-state index contributed by atoms with van der Waals surface area (Å²) >= 11 is 0. The lowest BCUT2D eigenvalue weighted by molar-refractivity contribution is -0.186. The van der Waals surface area contributed by atoms with Gasteiger partial charge in [-0.15, -0.1) is 0 Å². The Bertz CT molecular complexity index is 282. The number of piperidine rings is 1. The number of rotatable bonds is 3. The highest BCUT2D eigenvalue weighted by Crippen LogP contribution is 2.36. The van der Waals surface area contributed by atoms with Crippen LogP contribution in [0.2, 0.25) is 0 Å². The summed E-state index contributed by atoms with van der Waals surface area (Å²) in [5.41, 5.74) is -0.177. The topological polar surface area (TPSA) is 32.7 Å². The first-order valence-electron chi connectivity index (χ1n) is 6.93. The lowest BCUT2D eigenvalue weighted by atomic mass is 9.80. The predicted octanol–water partition coefficient (Wildman–Crippen LogP) is 2.05. The van der Waals surface area contributed by atoms with Crippen LogP contribution in [0.1, 0.15) is 25.7 Å². The number of aliphatic hydroxyl groups is 1. The van der Waals surface area contributed by atoms with Crippen LogP contribution in [0.3, 0.4) is 0 Å². The number of aliphatic hydroxyl groups excluding tert-OH is 1. The SMILES string of the molecule is OCC1(CN2CCC(C(F)(F)F)CC2)CCOCC1. The van der Waals surface area contributed by atoms with Gasteiger partial charge in [-0.1, -0.05) is 0 Å². The summed E-state index contributed by atoms with van der Waals surface area (Å²) in [5.74, 6) is -1.15. The fourth-order valence-electron chi connectivity index (χ4n) is 3.06. The van der Waals surface area contributed by atoms with Crippen molar-refractivity contribution in [3.63, 3.8) is 0 Å². The lowest BCUT2D eigenvalue weighted by Gasteiger charge is -2.42. The van der Waals surface area contributed by atoms with E-state index < -0.39 is 12.1 Å². The first-order chi connectivity index (χ1) is 8.95. The van der Waals surface area contributed by atoms with Crippen molar-refractivity contribution < 1.29 is 23.0 Å². The summed E-state index contributed by atoms with van der Waals surface area (Å²) in [6, 6.07) is 0. The second-order valence-electron chi connectivity index (χ2n) is 5.86. The third-order valence-electron chi connectivity index (χ3n) is 4.50. The molecule has 112 valence electrons. The maximum absolute atomic E-state index is 12.6. The van der Waals surface area contributed by atoms with E-state index in [0.717, 1.165) is 12.8 Å². The Morgan fingerprint density at radius 2 is 1.74 bits per heavy atom. The van der Waals surface area contributed by atoms with E-state index >= 15 is 0 Å². The maximum Gasteiger partial charge on any atom is 0.391 e. The van der Waals surface area contributed by atoms with Gasteiger partial charge in [0.2, 0.25) is 0 Å². The lowest BCUT2D eigenvalue weighted by Crippen LogP contribution is -2.47. The molecular formula is C13H22F3NO2. The second kappa shape index (κ2) is 5.97. The molecule has 0 aliphatic carbocycles. The number of alkyl halides is 3. The van der Waals surface area contributed by atoms with Gasteiger partial charge in [-0.05, 0) is 38.8 Å². The standard InChI is InChI=1S/C13H22F3NO2/c14-13(15,16)11-1-5-17(6-2-11)9-12(10-18)3-7-19-8-4-12/h11,18H,1-10H2. The van der Waals surface area contributed by atoms with Gasteiger partial charge >= 0.3 is 6.18 Å². The van der Waals surface area contributed by atoms with Gasteiger partial charge < -0.3 is 14.7 Å². The fourth-order valence-corrected chi connectivity index (χ4v) is 3.06. The average Bonchev–Trinajstić information content (AvgIpc) is 2.39. The molecule has 0 spiro atoms. The monoisotopic (exact) mass is 281 g/mol. The molecule has 2 fully saturated rings. The zero-order valence-corrected chi connectivity index (χ0v) is 11.1. The largest absolute Gasteiger partial charge is 0.396 e. The van der Waals surface area contributed by atoms with Crippen molar-refractivity contribution in [1.82, 2.24) is 4.90 Å². The Kier molecular flexibility index (Phi) is 4.74. The molecule has 0 atom stereocenters. The molecule has 0 aromatic rings. The predicted molar refractivity (Wildman–Crippen MR) is 64.8 cm³/mol. The Hall–Kier alpha value is -0.330. The van der Waals surface area contributed by atoms with Crippen molar-refractivity contribution >= 4 is 0 Å². The Labute approximate surface area is 111 Å². The summed E-state index contributed by atoms with van der Waals surface area (Å²) in [7, 11) is 0. The molecule has 3 nitrogen and oxygen atoms in total. The van der Waals surface area contributed by atoms with E-state index in [1.165, 1.54) is 0 Å². The molecule has 6 heteroatoms. The molecule has 0 aromatic carbocycles. The van der Waals surface area contributed by atoms with Gasteiger partial charge in [0.05, 0.1) is 12.5 Å². The van der Waals surface area contributed by atoms with Crippen LogP contribution in [0.5, 0.6) is 0 Å². The zero-order valence-electron chi connectivity index (χ0n) is 11.1. The third-order valence-corrected chi connectivity index (χ3v) is 4.50. The van der Waals surface area contributed by atoms with Gasteiger partial charge in [0.25, 0.3) is 0 Å². The summed E-state index contributed by atoms with van der Waals surface area (Å²) in [5, 5.41) is 9.59. The van der Waals surface area contributed by atoms with E-state index in [2.05, 4.69) is 4.90 Å². The van der Waals surface area contributed by atoms with Crippen molar-refractivity contribution in [2.75, 3.05) is 39.5 Å². The van der Waals surface area contributed by atoms with Crippen LogP contribution in [0, 0.1) is 11.3 Å². The molecule has 0 radical (unpaired) electrons. The smallest absolute Gasteiger partial charge is 0.391 e. The minimum Gasteiger partial charge on any atom is -0.396 e. The van der Waals surface area contributed by atoms with Gasteiger partial charge in [-0.3, -0.25) is 0 Å². The highest BCUT2D eigenvalue weighted by molar-refractivity contribution is 4.87. The summed E-state index contributed by atoms with van der Waals surface area (Å²) in [6.45, 7) is 3.02. The maximum atomic E-state index is 12.6. The van der Waals surface area contributed by atoms with Gasteiger partial charge in [-0.2, -0.15) is 13.2 Å². The Morgan fingerprint density at radius 3 is 2.21 bits per heavy atom. The molecule has 2 aliphatic rings. The van der Waals surface area contributed by atoms with Crippen LogP contribution >= 0.6 is 0 Å². The highest BCUT2D eigenvalue weighted by atomic mass is 19.4. The minimum absolute atomic E-state index is 0.0928. The van der Waals surface area contributed by atoms with Gasteiger partial charge in [-0.25, -0.2) is 0 Å². The van der Waals surface area contributed by atoms with Crippen LogP contribution in [0.25, 0.3) is 0 Å². The van der Waals surface area contributed by atoms with E-state index in [9.17, 15) is 18.3 Å². The van der Waals surface area contributed by atoms with E-state index in [0.29, 0.717) is 32.8 Å². The molecule has 2 saturated heterocycles. The number of nitrogens with zero attached hydrogens (tertiary/aromatic N) is 1. The molecule has 0 amide bonds. The molecule has 2 aliphatic heterocycles. The van der Waals surface area contributed by atoms with E-state index in [4.69, 9.17) is 4.74 Å². The molecule has 0 saturated carbocycles. The van der Waals surface area contributed by atoms with E-state index in [1.54, 1.807) is 0 Å². The van der Waals surface area contributed by atoms with Crippen LogP contribution < -0.4 is 0 Å². The first-order valence-corrected chi connectivity index (χ1v) is 6.93. The highest BCUT2D eigenvalue weighted by Gasteiger charge is 2.42. The van der Waals surface area contributed by atoms with Gasteiger partial charge in [0.1, 0.15) is 0 Å². The summed E-state index contributed by atoms with van der Waals surface area (Å²) in [6.07, 6.45) is -2.10. The zero-order chi connectivity index (χ0) is 13.9. The van der Waals surface area contributed by atoms with Crippen molar-refractivity contribution in [2.45, 2.75) is 31.9 Å². The molecule has 19 heavy (non-hydrogen) atoms. The summed E-state index contributed by atoms with van der Waals surface area (Å²) < 4.78 is 43.1. The van der Waals surface area contributed by atoms with Crippen molar-refractivity contribution in [3.05, 3.63) is 0 Å². The molecular weight excluding hydrogens is 259 g/mol. The van der Waals surface area contributed by atoms with Crippen molar-refractivity contribution in [3.8, 4) is 0 Å². The molecule has 0 bridgehead atoms. The number of hydrogen-bond acceptors (Lipinski definition) is 3. The fraction of sp³-hybridized carbons (Fsp3) is 1.00. The van der Waals surface area contributed by atoms with Gasteiger partial charge in [0, 0.05) is 25.2 Å². The van der Waals surface area contributed by atoms with Crippen LogP contribution in [0.4, 0.5) is 13.2 Å². The molecule has 0 aromatic heterocycles. The Morgan fingerprint density at radius 1 is 1.16 bits per heavy atom. The quantitative estimate of drug-likeness (QED) is 0.859. The second-order valence-corrected chi connectivity index (χ2v) is 5.86. The van der Waals surface area contributed by atoms with Crippen molar-refractivity contribution in [2.24, 2.45) is 11.3 Å². The van der Waals surface area contributed by atoms with Crippen LogP contribution in [-0.4, -0.2) is 55.6 Å². The Balaban J connectivity index is 1.84. The number of halogens is 3. The minimum atomic E-state index is -4.06. The average molecular weight is 281 g/mol. The van der Waals surface area contributed by atoms with Crippen molar-refractivity contribution in [1.29, 1.82) is 0 Å².